The largest absolute Gasteiger partial charge is 0.256 e. The van der Waals surface area contributed by atoms with Crippen LogP contribution in [0.3, 0.4) is 0 Å². The Bertz CT molecular complexity index is 974. The molecule has 1 nitrogen and oxygen atoms in total. The van der Waals surface area contributed by atoms with Gasteiger partial charge in [-0.25, -0.2) is 0 Å². The zero-order chi connectivity index (χ0) is 17.1. The van der Waals surface area contributed by atoms with Crippen molar-refractivity contribution in [3.8, 4) is 33.5 Å². The van der Waals surface area contributed by atoms with Crippen LogP contribution in [0.25, 0.3) is 33.5 Å². The maximum Gasteiger partial charge on any atom is 0.0708 e. The molecule has 0 N–H and O–H groups in total. The molecule has 25 heavy (non-hydrogen) atoms. The summed E-state index contributed by atoms with van der Waals surface area (Å²) in [4.78, 5) is 4.60. The van der Waals surface area contributed by atoms with E-state index in [0.717, 1.165) is 11.3 Å². The Morgan fingerprint density at radius 2 is 1.16 bits per heavy atom. The number of pyridine rings is 1. The summed E-state index contributed by atoms with van der Waals surface area (Å²) in [6, 6.07) is 31.7. The molecule has 0 amide bonds. The van der Waals surface area contributed by atoms with Crippen LogP contribution in [0.4, 0.5) is 0 Å². The van der Waals surface area contributed by atoms with Crippen molar-refractivity contribution >= 4 is 0 Å². The molecular formula is C24H19N. The third kappa shape index (κ3) is 3.09. The first kappa shape index (κ1) is 15.3. The van der Waals surface area contributed by atoms with Crippen LogP contribution in [-0.4, -0.2) is 4.98 Å². The van der Waals surface area contributed by atoms with Gasteiger partial charge in [0.05, 0.1) is 5.69 Å². The second kappa shape index (κ2) is 6.74. The zero-order valence-corrected chi connectivity index (χ0v) is 14.2. The minimum Gasteiger partial charge on any atom is -0.256 e. The lowest BCUT2D eigenvalue weighted by atomic mass is 9.90. The van der Waals surface area contributed by atoms with E-state index in [-0.39, 0.29) is 0 Å². The highest BCUT2D eigenvalue weighted by Gasteiger charge is 2.13. The standard InChI is InChI=1S/C24H19N/c1-18-16-22(20-12-6-3-7-13-20)23(24-14-8-9-15-25-24)17-21(18)19-10-4-2-5-11-19/h2-17H,1H3. The number of nitrogens with zero attached hydrogens (tertiary/aromatic N) is 1. The Morgan fingerprint density at radius 3 is 1.76 bits per heavy atom. The minimum absolute atomic E-state index is 0.999. The van der Waals surface area contributed by atoms with Gasteiger partial charge in [0.25, 0.3) is 0 Å². The van der Waals surface area contributed by atoms with Crippen molar-refractivity contribution in [2.75, 3.05) is 0 Å². The number of hydrogen-bond acceptors (Lipinski definition) is 1. The Balaban J connectivity index is 1.98. The second-order valence-corrected chi connectivity index (χ2v) is 6.16. The molecular weight excluding hydrogens is 302 g/mol. The van der Waals surface area contributed by atoms with Gasteiger partial charge in [-0.1, -0.05) is 72.8 Å². The van der Waals surface area contributed by atoms with Crippen LogP contribution in [0, 0.1) is 6.92 Å². The molecule has 0 aliphatic heterocycles. The van der Waals surface area contributed by atoms with Crippen LogP contribution >= 0.6 is 0 Å². The quantitative estimate of drug-likeness (QED) is 0.426. The van der Waals surface area contributed by atoms with E-state index in [0.29, 0.717) is 0 Å². The summed E-state index contributed by atoms with van der Waals surface area (Å²) in [6.07, 6.45) is 1.85. The molecule has 0 fully saturated rings. The van der Waals surface area contributed by atoms with E-state index in [1.165, 1.54) is 27.8 Å². The highest BCUT2D eigenvalue weighted by molar-refractivity contribution is 5.87. The molecule has 0 radical (unpaired) electrons. The fraction of sp³-hybridized carbons (Fsp3) is 0.0417. The third-order valence-electron chi connectivity index (χ3n) is 4.47. The highest BCUT2D eigenvalue weighted by Crippen LogP contribution is 2.36. The van der Waals surface area contributed by atoms with Gasteiger partial charge in [-0.2, -0.15) is 0 Å². The number of aromatic nitrogens is 1. The lowest BCUT2D eigenvalue weighted by Gasteiger charge is -2.15. The summed E-state index contributed by atoms with van der Waals surface area (Å²) < 4.78 is 0. The number of rotatable bonds is 3. The molecule has 1 heteroatoms. The fourth-order valence-electron chi connectivity index (χ4n) is 3.23. The van der Waals surface area contributed by atoms with Crippen LogP contribution < -0.4 is 0 Å². The first-order valence-corrected chi connectivity index (χ1v) is 8.50. The van der Waals surface area contributed by atoms with Crippen molar-refractivity contribution in [2.24, 2.45) is 0 Å². The van der Waals surface area contributed by atoms with E-state index in [2.05, 4.69) is 90.8 Å². The van der Waals surface area contributed by atoms with E-state index in [1.807, 2.05) is 18.3 Å². The molecule has 0 atom stereocenters. The lowest BCUT2D eigenvalue weighted by molar-refractivity contribution is 1.32. The van der Waals surface area contributed by atoms with Crippen LogP contribution in [0.2, 0.25) is 0 Å². The van der Waals surface area contributed by atoms with Gasteiger partial charge in [0, 0.05) is 11.8 Å². The van der Waals surface area contributed by atoms with Gasteiger partial charge in [-0.15, -0.1) is 0 Å². The van der Waals surface area contributed by atoms with E-state index < -0.39 is 0 Å². The average Bonchev–Trinajstić information content (AvgIpc) is 2.70. The summed E-state index contributed by atoms with van der Waals surface area (Å²) in [7, 11) is 0. The molecule has 1 aromatic heterocycles. The zero-order valence-electron chi connectivity index (χ0n) is 14.2. The first-order valence-electron chi connectivity index (χ1n) is 8.50. The maximum atomic E-state index is 4.60. The molecule has 0 saturated carbocycles. The van der Waals surface area contributed by atoms with Gasteiger partial charge in [-0.3, -0.25) is 4.98 Å². The summed E-state index contributed by atoms with van der Waals surface area (Å²) in [5.41, 5.74) is 8.35. The topological polar surface area (TPSA) is 12.9 Å². The van der Waals surface area contributed by atoms with Gasteiger partial charge < -0.3 is 0 Å². The Morgan fingerprint density at radius 1 is 0.560 bits per heavy atom. The second-order valence-electron chi connectivity index (χ2n) is 6.16. The minimum atomic E-state index is 0.999. The molecule has 0 bridgehead atoms. The van der Waals surface area contributed by atoms with E-state index in [4.69, 9.17) is 0 Å². The van der Waals surface area contributed by atoms with Crippen molar-refractivity contribution in [1.29, 1.82) is 0 Å². The fourth-order valence-corrected chi connectivity index (χ4v) is 3.23. The average molecular weight is 321 g/mol. The molecule has 0 saturated heterocycles. The molecule has 0 aliphatic rings. The molecule has 120 valence electrons. The van der Waals surface area contributed by atoms with E-state index in [9.17, 15) is 0 Å². The van der Waals surface area contributed by atoms with Crippen LogP contribution in [0.1, 0.15) is 5.56 Å². The summed E-state index contributed by atoms with van der Waals surface area (Å²) in [5.74, 6) is 0. The highest BCUT2D eigenvalue weighted by atomic mass is 14.7. The van der Waals surface area contributed by atoms with Crippen molar-refractivity contribution in [2.45, 2.75) is 6.92 Å². The Hall–Kier alpha value is -3.19. The molecule has 0 spiro atoms. The van der Waals surface area contributed by atoms with Gasteiger partial charge >= 0.3 is 0 Å². The van der Waals surface area contributed by atoms with Crippen LogP contribution in [0.15, 0.2) is 97.2 Å². The third-order valence-corrected chi connectivity index (χ3v) is 4.47. The van der Waals surface area contributed by atoms with E-state index in [1.54, 1.807) is 0 Å². The van der Waals surface area contributed by atoms with E-state index >= 15 is 0 Å². The van der Waals surface area contributed by atoms with Crippen molar-refractivity contribution in [1.82, 2.24) is 4.98 Å². The normalized spacial score (nSPS) is 10.6. The van der Waals surface area contributed by atoms with Gasteiger partial charge in [0.15, 0.2) is 0 Å². The van der Waals surface area contributed by atoms with Crippen molar-refractivity contribution in [3.05, 3.63) is 103 Å². The van der Waals surface area contributed by atoms with Gasteiger partial charge in [0.1, 0.15) is 0 Å². The maximum absolute atomic E-state index is 4.60. The summed E-state index contributed by atoms with van der Waals surface area (Å²) in [6.45, 7) is 2.18. The lowest BCUT2D eigenvalue weighted by Crippen LogP contribution is -1.92. The van der Waals surface area contributed by atoms with Crippen LogP contribution in [-0.2, 0) is 0 Å². The Kier molecular flexibility index (Phi) is 4.14. The summed E-state index contributed by atoms with van der Waals surface area (Å²) >= 11 is 0. The molecule has 0 unspecified atom stereocenters. The predicted molar refractivity (Wildman–Crippen MR) is 105 cm³/mol. The predicted octanol–water partition coefficient (Wildman–Crippen LogP) is 6.39. The molecule has 1 heterocycles. The molecule has 3 aromatic carbocycles. The molecule has 4 rings (SSSR count). The van der Waals surface area contributed by atoms with Crippen LogP contribution in [0.5, 0.6) is 0 Å². The molecule has 0 aliphatic carbocycles. The van der Waals surface area contributed by atoms with Gasteiger partial charge in [-0.05, 0) is 52.9 Å². The number of benzene rings is 3. The van der Waals surface area contributed by atoms with Gasteiger partial charge in [0.2, 0.25) is 0 Å². The number of aryl methyl sites for hydroxylation is 1. The smallest absolute Gasteiger partial charge is 0.0708 e. The Labute approximate surface area is 148 Å². The van der Waals surface area contributed by atoms with Crippen molar-refractivity contribution in [3.63, 3.8) is 0 Å². The summed E-state index contributed by atoms with van der Waals surface area (Å²) in [5, 5.41) is 0. The molecule has 4 aromatic rings. The number of hydrogen-bond donors (Lipinski definition) is 0. The first-order chi connectivity index (χ1) is 12.3. The monoisotopic (exact) mass is 321 g/mol. The SMILES string of the molecule is Cc1cc(-c2ccccc2)c(-c2ccccn2)cc1-c1ccccc1. The van der Waals surface area contributed by atoms with Crippen molar-refractivity contribution < 1.29 is 0 Å².